The number of aromatic nitrogens is 1. The molecule has 0 saturated carbocycles. The van der Waals surface area contributed by atoms with Gasteiger partial charge in [-0.2, -0.15) is 0 Å². The lowest BCUT2D eigenvalue weighted by atomic mass is 10.1. The van der Waals surface area contributed by atoms with Crippen molar-refractivity contribution in [3.05, 3.63) is 53.3 Å². The van der Waals surface area contributed by atoms with E-state index in [1.165, 1.54) is 0 Å². The third-order valence-corrected chi connectivity index (χ3v) is 2.50. The van der Waals surface area contributed by atoms with E-state index in [4.69, 9.17) is 22.1 Å². The van der Waals surface area contributed by atoms with E-state index >= 15 is 0 Å². The Balaban J connectivity index is 2.23. The fraction of sp³-hybridized carbons (Fsp3) is 0.154. The molecule has 88 valence electrons. The van der Waals surface area contributed by atoms with E-state index in [2.05, 4.69) is 4.98 Å². The van der Waals surface area contributed by atoms with Gasteiger partial charge >= 0.3 is 0 Å². The maximum Gasteiger partial charge on any atom is 0.147 e. The zero-order chi connectivity index (χ0) is 12.1. The zero-order valence-corrected chi connectivity index (χ0v) is 10.0. The summed E-state index contributed by atoms with van der Waals surface area (Å²) in [6, 6.07) is 9.53. The topological polar surface area (TPSA) is 48.1 Å². The number of halogens is 1. The van der Waals surface area contributed by atoms with Crippen molar-refractivity contribution in [1.82, 2.24) is 4.98 Å². The van der Waals surface area contributed by atoms with Crippen LogP contribution in [0.25, 0.3) is 0 Å². The van der Waals surface area contributed by atoms with Crippen LogP contribution in [0.1, 0.15) is 5.56 Å². The van der Waals surface area contributed by atoms with Crippen LogP contribution in [-0.4, -0.2) is 11.5 Å². The maximum absolute atomic E-state index is 5.85. The molecule has 2 aromatic rings. The van der Waals surface area contributed by atoms with Crippen molar-refractivity contribution in [2.24, 2.45) is 5.73 Å². The summed E-state index contributed by atoms with van der Waals surface area (Å²) in [5, 5.41) is 0.554. The van der Waals surface area contributed by atoms with E-state index in [0.717, 1.165) is 17.7 Å². The number of rotatable bonds is 4. The minimum Gasteiger partial charge on any atom is -0.455 e. The first-order valence-corrected chi connectivity index (χ1v) is 5.74. The van der Waals surface area contributed by atoms with Gasteiger partial charge in [0.15, 0.2) is 0 Å². The smallest absolute Gasteiger partial charge is 0.147 e. The Morgan fingerprint density at radius 3 is 2.82 bits per heavy atom. The van der Waals surface area contributed by atoms with E-state index in [0.29, 0.717) is 17.3 Å². The number of benzene rings is 1. The van der Waals surface area contributed by atoms with Crippen LogP contribution in [0.15, 0.2) is 42.7 Å². The van der Waals surface area contributed by atoms with Gasteiger partial charge in [-0.15, -0.1) is 0 Å². The molecule has 3 nitrogen and oxygen atoms in total. The summed E-state index contributed by atoms with van der Waals surface area (Å²) in [5.41, 5.74) is 6.64. The Morgan fingerprint density at radius 2 is 2.06 bits per heavy atom. The van der Waals surface area contributed by atoms with Gasteiger partial charge in [0.25, 0.3) is 0 Å². The van der Waals surface area contributed by atoms with E-state index in [1.807, 2.05) is 24.3 Å². The van der Waals surface area contributed by atoms with Crippen molar-refractivity contribution in [2.75, 3.05) is 6.54 Å². The fourth-order valence-electron chi connectivity index (χ4n) is 1.54. The van der Waals surface area contributed by atoms with E-state index in [9.17, 15) is 0 Å². The Hall–Kier alpha value is -1.58. The molecule has 1 aromatic carbocycles. The summed E-state index contributed by atoms with van der Waals surface area (Å²) < 4.78 is 5.74. The van der Waals surface area contributed by atoms with E-state index < -0.39 is 0 Å². The minimum absolute atomic E-state index is 0.554. The van der Waals surface area contributed by atoms with Gasteiger partial charge in [-0.3, -0.25) is 4.98 Å². The first-order chi connectivity index (χ1) is 8.29. The van der Waals surface area contributed by atoms with Crippen LogP contribution in [0.4, 0.5) is 0 Å². The van der Waals surface area contributed by atoms with Gasteiger partial charge in [-0.25, -0.2) is 0 Å². The third kappa shape index (κ3) is 3.19. The van der Waals surface area contributed by atoms with Crippen molar-refractivity contribution >= 4 is 11.6 Å². The number of pyridine rings is 1. The maximum atomic E-state index is 5.85. The highest BCUT2D eigenvalue weighted by Gasteiger charge is 2.04. The molecule has 0 aliphatic rings. The summed E-state index contributed by atoms with van der Waals surface area (Å²) in [4.78, 5) is 3.97. The number of nitrogens with two attached hydrogens (primary N) is 1. The number of para-hydroxylation sites is 1. The second kappa shape index (κ2) is 5.66. The van der Waals surface area contributed by atoms with Crippen molar-refractivity contribution in [1.29, 1.82) is 0 Å². The van der Waals surface area contributed by atoms with Crippen molar-refractivity contribution in [3.63, 3.8) is 0 Å². The van der Waals surface area contributed by atoms with Gasteiger partial charge in [0.2, 0.25) is 0 Å². The summed E-state index contributed by atoms with van der Waals surface area (Å²) in [5.74, 6) is 1.42. The van der Waals surface area contributed by atoms with Gasteiger partial charge < -0.3 is 10.5 Å². The predicted molar refractivity (Wildman–Crippen MR) is 68.5 cm³/mol. The quantitative estimate of drug-likeness (QED) is 0.905. The first kappa shape index (κ1) is 11.9. The van der Waals surface area contributed by atoms with Crippen LogP contribution in [0.2, 0.25) is 5.02 Å². The largest absolute Gasteiger partial charge is 0.455 e. The van der Waals surface area contributed by atoms with Crippen LogP contribution >= 0.6 is 11.6 Å². The molecule has 2 N–H and O–H groups in total. The summed E-state index contributed by atoms with van der Waals surface area (Å²) in [6.07, 6.45) is 3.98. The molecule has 0 aliphatic carbocycles. The lowest BCUT2D eigenvalue weighted by Gasteiger charge is -2.10. The van der Waals surface area contributed by atoms with Gasteiger partial charge in [0, 0.05) is 12.3 Å². The fourth-order valence-corrected chi connectivity index (χ4v) is 1.70. The SMILES string of the molecule is NCCc1ccccc1Oc1cncc(Cl)c1. The highest BCUT2D eigenvalue weighted by atomic mass is 35.5. The van der Waals surface area contributed by atoms with Gasteiger partial charge in [0.1, 0.15) is 11.5 Å². The highest BCUT2D eigenvalue weighted by molar-refractivity contribution is 6.30. The van der Waals surface area contributed by atoms with E-state index in [1.54, 1.807) is 18.5 Å². The average molecular weight is 249 g/mol. The average Bonchev–Trinajstić information content (AvgIpc) is 2.32. The molecule has 0 bridgehead atoms. The Morgan fingerprint density at radius 1 is 1.24 bits per heavy atom. The van der Waals surface area contributed by atoms with Crippen molar-refractivity contribution < 1.29 is 4.74 Å². The predicted octanol–water partition coefficient (Wildman–Crippen LogP) is 3.03. The number of hydrogen-bond acceptors (Lipinski definition) is 3. The molecule has 0 unspecified atom stereocenters. The molecular formula is C13H13ClN2O. The first-order valence-electron chi connectivity index (χ1n) is 5.36. The molecule has 0 aliphatic heterocycles. The van der Waals surface area contributed by atoms with Crippen LogP contribution in [0, 0.1) is 0 Å². The number of hydrogen-bond donors (Lipinski definition) is 1. The van der Waals surface area contributed by atoms with Crippen LogP contribution in [0.3, 0.4) is 0 Å². The normalized spacial score (nSPS) is 10.2. The highest BCUT2D eigenvalue weighted by Crippen LogP contribution is 2.26. The molecule has 0 atom stereocenters. The van der Waals surface area contributed by atoms with E-state index in [-0.39, 0.29) is 0 Å². The Labute approximate surface area is 105 Å². The van der Waals surface area contributed by atoms with Crippen molar-refractivity contribution in [3.8, 4) is 11.5 Å². The molecule has 17 heavy (non-hydrogen) atoms. The second-order valence-electron chi connectivity index (χ2n) is 3.59. The van der Waals surface area contributed by atoms with Gasteiger partial charge in [0.05, 0.1) is 11.2 Å². The zero-order valence-electron chi connectivity index (χ0n) is 9.27. The third-order valence-electron chi connectivity index (χ3n) is 2.29. The lowest BCUT2D eigenvalue weighted by molar-refractivity contribution is 0.474. The standard InChI is InChI=1S/C13H13ClN2O/c14-11-7-12(9-16-8-11)17-13-4-2-1-3-10(13)5-6-15/h1-4,7-9H,5-6,15H2. The lowest BCUT2D eigenvalue weighted by Crippen LogP contribution is -2.03. The van der Waals surface area contributed by atoms with Gasteiger partial charge in [-0.1, -0.05) is 29.8 Å². The molecule has 0 radical (unpaired) electrons. The Bertz CT molecular complexity index is 502. The summed E-state index contributed by atoms with van der Waals surface area (Å²) >= 11 is 5.85. The van der Waals surface area contributed by atoms with Gasteiger partial charge in [-0.05, 0) is 24.6 Å². The molecule has 1 heterocycles. The second-order valence-corrected chi connectivity index (χ2v) is 4.02. The molecule has 4 heteroatoms. The molecule has 2 rings (SSSR count). The molecule has 0 amide bonds. The summed E-state index contributed by atoms with van der Waals surface area (Å²) in [6.45, 7) is 0.591. The van der Waals surface area contributed by atoms with Crippen LogP contribution < -0.4 is 10.5 Å². The molecule has 0 fully saturated rings. The van der Waals surface area contributed by atoms with Crippen LogP contribution in [-0.2, 0) is 6.42 Å². The monoisotopic (exact) mass is 248 g/mol. The molecule has 0 saturated heterocycles. The molecule has 0 spiro atoms. The molecular weight excluding hydrogens is 236 g/mol. The number of ether oxygens (including phenoxy) is 1. The Kier molecular flexibility index (Phi) is 3.96. The molecule has 1 aromatic heterocycles. The summed E-state index contributed by atoms with van der Waals surface area (Å²) in [7, 11) is 0. The minimum atomic E-state index is 0.554. The van der Waals surface area contributed by atoms with Crippen LogP contribution in [0.5, 0.6) is 11.5 Å². The number of nitrogens with zero attached hydrogens (tertiary/aromatic N) is 1. The van der Waals surface area contributed by atoms with Crippen molar-refractivity contribution in [2.45, 2.75) is 6.42 Å².